The summed E-state index contributed by atoms with van der Waals surface area (Å²) in [7, 11) is -3.61. The predicted octanol–water partition coefficient (Wildman–Crippen LogP) is 2.19. The fourth-order valence-corrected chi connectivity index (χ4v) is 2.52. The third kappa shape index (κ3) is 3.67. The number of pyridine rings is 1. The van der Waals surface area contributed by atoms with E-state index in [0.717, 1.165) is 22.9 Å². The molecule has 0 spiro atoms. The van der Waals surface area contributed by atoms with E-state index in [1.165, 1.54) is 12.3 Å². The predicted molar refractivity (Wildman–Crippen MR) is 81.4 cm³/mol. The van der Waals surface area contributed by atoms with E-state index < -0.39 is 21.9 Å². The highest BCUT2D eigenvalue weighted by Gasteiger charge is 2.13. The van der Waals surface area contributed by atoms with Gasteiger partial charge in [0, 0.05) is 22.9 Å². The Morgan fingerprint density at radius 2 is 1.86 bits per heavy atom. The maximum atomic E-state index is 13.2. The highest BCUT2D eigenvalue weighted by atomic mass is 32.2. The zero-order valence-electron chi connectivity index (χ0n) is 12.3. The molecule has 1 heterocycles. The van der Waals surface area contributed by atoms with Gasteiger partial charge in [-0.3, -0.25) is 4.79 Å². The van der Waals surface area contributed by atoms with Crippen LogP contribution in [0.15, 0.2) is 30.5 Å². The van der Waals surface area contributed by atoms with Gasteiger partial charge in [0.15, 0.2) is 0 Å². The molecule has 0 aliphatic heterocycles. The van der Waals surface area contributed by atoms with Crippen LogP contribution < -0.4 is 4.72 Å². The van der Waals surface area contributed by atoms with E-state index in [1.807, 2.05) is 4.72 Å². The van der Waals surface area contributed by atoms with Gasteiger partial charge in [-0.05, 0) is 43.2 Å². The lowest BCUT2D eigenvalue weighted by molar-refractivity contribution is 0.0981. The number of sulfonamides is 1. The van der Waals surface area contributed by atoms with Gasteiger partial charge in [0.2, 0.25) is 16.0 Å². The number of carbonyl (C=O) groups excluding carboxylic acids is 1. The van der Waals surface area contributed by atoms with Gasteiger partial charge in [-0.1, -0.05) is 6.07 Å². The molecule has 2 aromatic rings. The number of hydrogen-bond donors (Lipinski definition) is 1. The summed E-state index contributed by atoms with van der Waals surface area (Å²) in [6.07, 6.45) is 2.33. The molecule has 0 atom stereocenters. The largest absolute Gasteiger partial charge is 0.268 e. The molecule has 0 saturated carbocycles. The number of hydrogen-bond acceptors (Lipinski definition) is 4. The number of benzene rings is 1. The first kappa shape index (κ1) is 16.1. The van der Waals surface area contributed by atoms with Gasteiger partial charge in [-0.25, -0.2) is 18.1 Å². The Morgan fingerprint density at radius 3 is 2.41 bits per heavy atom. The fourth-order valence-electron chi connectivity index (χ4n) is 2.06. The second kappa shape index (κ2) is 5.84. The number of carbonyl (C=O) groups is 1. The second-order valence-electron chi connectivity index (χ2n) is 5.06. The quantitative estimate of drug-likeness (QED) is 0.879. The molecule has 7 heteroatoms. The highest BCUT2D eigenvalue weighted by molar-refractivity contribution is 7.89. The molecule has 22 heavy (non-hydrogen) atoms. The van der Waals surface area contributed by atoms with Crippen molar-refractivity contribution >= 4 is 15.9 Å². The van der Waals surface area contributed by atoms with Crippen LogP contribution in [-0.4, -0.2) is 25.6 Å². The summed E-state index contributed by atoms with van der Waals surface area (Å²) in [6.45, 7) is 3.40. The van der Waals surface area contributed by atoms with Crippen LogP contribution in [0.2, 0.25) is 0 Å². The van der Waals surface area contributed by atoms with E-state index in [-0.39, 0.29) is 5.56 Å². The number of nitrogens with one attached hydrogen (secondary N) is 1. The van der Waals surface area contributed by atoms with Crippen LogP contribution in [0, 0.1) is 19.8 Å². The molecule has 0 unspecified atom stereocenters. The Kier molecular flexibility index (Phi) is 4.27. The summed E-state index contributed by atoms with van der Waals surface area (Å²) >= 11 is 0. The summed E-state index contributed by atoms with van der Waals surface area (Å²) in [5.74, 6) is -1.21. The number of aromatic nitrogens is 1. The minimum atomic E-state index is -3.61. The number of rotatable bonds is 3. The number of amides is 1. The molecule has 0 radical (unpaired) electrons. The third-order valence-electron chi connectivity index (χ3n) is 3.09. The standard InChI is InChI=1S/C15H15FN2O3S/c1-9-6-11(15(19)18-22(3,20)21)4-5-13(9)12-7-10(2)14(16)17-8-12/h4-8H,1-3H3,(H,18,19). The van der Waals surface area contributed by atoms with Gasteiger partial charge in [-0.2, -0.15) is 4.39 Å². The van der Waals surface area contributed by atoms with Crippen LogP contribution in [0.4, 0.5) is 4.39 Å². The molecule has 5 nitrogen and oxygen atoms in total. The summed E-state index contributed by atoms with van der Waals surface area (Å²) in [5.41, 5.74) is 2.95. The number of aryl methyl sites for hydroxylation is 2. The minimum Gasteiger partial charge on any atom is -0.268 e. The van der Waals surface area contributed by atoms with Crippen LogP contribution in [0.5, 0.6) is 0 Å². The lowest BCUT2D eigenvalue weighted by Gasteiger charge is -2.09. The van der Waals surface area contributed by atoms with E-state index in [2.05, 4.69) is 4.98 Å². The van der Waals surface area contributed by atoms with Crippen LogP contribution >= 0.6 is 0 Å². The van der Waals surface area contributed by atoms with Crippen molar-refractivity contribution in [2.24, 2.45) is 0 Å². The first-order valence-electron chi connectivity index (χ1n) is 6.42. The van der Waals surface area contributed by atoms with Crippen molar-refractivity contribution in [2.75, 3.05) is 6.26 Å². The first-order valence-corrected chi connectivity index (χ1v) is 8.32. The molecule has 1 amide bonds. The zero-order valence-corrected chi connectivity index (χ0v) is 13.2. The van der Waals surface area contributed by atoms with Gasteiger partial charge in [0.1, 0.15) is 0 Å². The van der Waals surface area contributed by atoms with Gasteiger partial charge in [0.05, 0.1) is 6.26 Å². The van der Waals surface area contributed by atoms with Crippen molar-refractivity contribution in [3.8, 4) is 11.1 Å². The van der Waals surface area contributed by atoms with Crippen molar-refractivity contribution in [3.63, 3.8) is 0 Å². The van der Waals surface area contributed by atoms with Crippen LogP contribution in [-0.2, 0) is 10.0 Å². The molecule has 0 aliphatic rings. The lowest BCUT2D eigenvalue weighted by atomic mass is 9.99. The van der Waals surface area contributed by atoms with Crippen molar-refractivity contribution in [2.45, 2.75) is 13.8 Å². The van der Waals surface area contributed by atoms with Gasteiger partial charge in [-0.15, -0.1) is 0 Å². The molecule has 0 saturated heterocycles. The maximum Gasteiger partial charge on any atom is 0.264 e. The zero-order chi connectivity index (χ0) is 16.5. The van der Waals surface area contributed by atoms with Gasteiger partial charge in [0.25, 0.3) is 5.91 Å². The Bertz CT molecular complexity index is 848. The minimum absolute atomic E-state index is 0.235. The Labute approximate surface area is 128 Å². The monoisotopic (exact) mass is 322 g/mol. The van der Waals surface area contributed by atoms with E-state index in [1.54, 1.807) is 32.0 Å². The fraction of sp³-hybridized carbons (Fsp3) is 0.200. The molecule has 1 aromatic carbocycles. The van der Waals surface area contributed by atoms with Crippen LogP contribution in [0.1, 0.15) is 21.5 Å². The first-order chi connectivity index (χ1) is 10.2. The van der Waals surface area contributed by atoms with Crippen molar-refractivity contribution in [1.29, 1.82) is 0 Å². The number of halogens is 1. The lowest BCUT2D eigenvalue weighted by Crippen LogP contribution is -2.29. The van der Waals surface area contributed by atoms with Crippen molar-refractivity contribution in [1.82, 2.24) is 9.71 Å². The SMILES string of the molecule is Cc1cc(C(=O)NS(C)(=O)=O)ccc1-c1cnc(F)c(C)c1. The average Bonchev–Trinajstić information content (AvgIpc) is 2.40. The summed E-state index contributed by atoms with van der Waals surface area (Å²) in [5, 5.41) is 0. The summed E-state index contributed by atoms with van der Waals surface area (Å²) < 4.78 is 37.3. The van der Waals surface area contributed by atoms with Crippen LogP contribution in [0.3, 0.4) is 0 Å². The molecule has 116 valence electrons. The van der Waals surface area contributed by atoms with E-state index in [4.69, 9.17) is 0 Å². The Balaban J connectivity index is 2.38. The molecule has 0 aliphatic carbocycles. The Morgan fingerprint density at radius 1 is 1.18 bits per heavy atom. The smallest absolute Gasteiger partial charge is 0.264 e. The van der Waals surface area contributed by atoms with Crippen LogP contribution in [0.25, 0.3) is 11.1 Å². The molecule has 0 bridgehead atoms. The molecule has 2 rings (SSSR count). The normalized spacial score (nSPS) is 11.3. The molecule has 0 fully saturated rings. The maximum absolute atomic E-state index is 13.2. The second-order valence-corrected chi connectivity index (χ2v) is 6.81. The van der Waals surface area contributed by atoms with Gasteiger partial charge >= 0.3 is 0 Å². The highest BCUT2D eigenvalue weighted by Crippen LogP contribution is 2.25. The van der Waals surface area contributed by atoms with E-state index >= 15 is 0 Å². The average molecular weight is 322 g/mol. The topological polar surface area (TPSA) is 76.1 Å². The molecular weight excluding hydrogens is 307 g/mol. The molecular formula is C15H15FN2O3S. The summed E-state index contributed by atoms with van der Waals surface area (Å²) in [4.78, 5) is 15.5. The Hall–Kier alpha value is -2.28. The third-order valence-corrected chi connectivity index (χ3v) is 3.65. The van der Waals surface area contributed by atoms with Crippen molar-refractivity contribution < 1.29 is 17.6 Å². The van der Waals surface area contributed by atoms with E-state index in [0.29, 0.717) is 5.56 Å². The number of nitrogens with zero attached hydrogens (tertiary/aromatic N) is 1. The van der Waals surface area contributed by atoms with E-state index in [9.17, 15) is 17.6 Å². The van der Waals surface area contributed by atoms with Crippen molar-refractivity contribution in [3.05, 3.63) is 53.1 Å². The van der Waals surface area contributed by atoms with Gasteiger partial charge < -0.3 is 0 Å². The summed E-state index contributed by atoms with van der Waals surface area (Å²) in [6, 6.07) is 6.44. The molecule has 1 aromatic heterocycles. The molecule has 1 N–H and O–H groups in total.